The van der Waals surface area contributed by atoms with Gasteiger partial charge in [0.05, 0.1) is 0 Å². The van der Waals surface area contributed by atoms with Gasteiger partial charge in [0.15, 0.2) is 0 Å². The molecule has 0 aliphatic heterocycles. The second-order valence-corrected chi connectivity index (χ2v) is 3.06. The van der Waals surface area contributed by atoms with Gasteiger partial charge < -0.3 is 0 Å². The SMILES string of the molecule is CC.Cc1cccc2c1=CCCC=2. The van der Waals surface area contributed by atoms with Gasteiger partial charge >= 0.3 is 0 Å². The second kappa shape index (κ2) is 4.86. The number of fused-ring (bicyclic) bond motifs is 1. The molecule has 0 aromatic heterocycles. The summed E-state index contributed by atoms with van der Waals surface area (Å²) in [4.78, 5) is 0. The standard InChI is InChI=1S/C11H12.C2H6/c1-9-5-4-7-10-6-2-3-8-11(9)10;1-2/h4-8H,2-3H2,1H3;1-2H3. The van der Waals surface area contributed by atoms with Crippen molar-refractivity contribution in [1.82, 2.24) is 0 Å². The van der Waals surface area contributed by atoms with Crippen LogP contribution in [-0.2, 0) is 0 Å². The van der Waals surface area contributed by atoms with E-state index in [-0.39, 0.29) is 0 Å². The zero-order valence-corrected chi connectivity index (χ0v) is 8.80. The largest absolute Gasteiger partial charge is 0.0764 e. The molecule has 0 atom stereocenters. The number of benzene rings is 1. The van der Waals surface area contributed by atoms with E-state index in [1.807, 2.05) is 13.8 Å². The highest BCUT2D eigenvalue weighted by Gasteiger charge is 1.93. The third kappa shape index (κ3) is 2.21. The van der Waals surface area contributed by atoms with Crippen molar-refractivity contribution >= 4 is 12.2 Å². The number of aryl methyl sites for hydroxylation is 1. The number of hydrogen-bond acceptors (Lipinski definition) is 0. The molecule has 0 spiro atoms. The van der Waals surface area contributed by atoms with Crippen LogP contribution in [-0.4, -0.2) is 0 Å². The molecule has 0 nitrogen and oxygen atoms in total. The molecular weight excluding hydrogens is 156 g/mol. The molecule has 0 heterocycles. The van der Waals surface area contributed by atoms with Crippen molar-refractivity contribution in [3.63, 3.8) is 0 Å². The maximum atomic E-state index is 2.34. The van der Waals surface area contributed by atoms with Crippen LogP contribution in [0, 0.1) is 6.92 Å². The van der Waals surface area contributed by atoms with Gasteiger partial charge in [-0.1, -0.05) is 44.2 Å². The topological polar surface area (TPSA) is 0 Å². The molecule has 0 unspecified atom stereocenters. The van der Waals surface area contributed by atoms with Crippen LogP contribution in [0.15, 0.2) is 18.2 Å². The van der Waals surface area contributed by atoms with Crippen LogP contribution in [0.5, 0.6) is 0 Å². The minimum atomic E-state index is 1.20. The van der Waals surface area contributed by atoms with E-state index >= 15 is 0 Å². The average Bonchev–Trinajstić information content (AvgIpc) is 2.22. The molecule has 0 N–H and O–H groups in total. The first kappa shape index (κ1) is 10.0. The minimum Gasteiger partial charge on any atom is -0.0764 e. The fourth-order valence-electron chi connectivity index (χ4n) is 1.63. The molecule has 0 saturated carbocycles. The van der Waals surface area contributed by atoms with Crippen molar-refractivity contribution in [3.8, 4) is 0 Å². The second-order valence-electron chi connectivity index (χ2n) is 3.06. The third-order valence-electron chi connectivity index (χ3n) is 2.24. The van der Waals surface area contributed by atoms with Crippen LogP contribution >= 0.6 is 0 Å². The van der Waals surface area contributed by atoms with E-state index < -0.39 is 0 Å². The predicted molar refractivity (Wildman–Crippen MR) is 59.9 cm³/mol. The van der Waals surface area contributed by atoms with E-state index in [1.54, 1.807) is 0 Å². The van der Waals surface area contributed by atoms with E-state index in [0.717, 1.165) is 0 Å². The fourth-order valence-corrected chi connectivity index (χ4v) is 1.63. The molecule has 0 amide bonds. The lowest BCUT2D eigenvalue weighted by atomic mass is 10.0. The summed E-state index contributed by atoms with van der Waals surface area (Å²) in [5, 5.41) is 2.86. The zero-order valence-electron chi connectivity index (χ0n) is 8.80. The van der Waals surface area contributed by atoms with E-state index in [0.29, 0.717) is 0 Å². The summed E-state index contributed by atoms with van der Waals surface area (Å²) in [5.74, 6) is 0. The molecule has 0 saturated heterocycles. The summed E-state index contributed by atoms with van der Waals surface area (Å²) in [6.45, 7) is 6.18. The van der Waals surface area contributed by atoms with Crippen molar-refractivity contribution in [2.45, 2.75) is 33.6 Å². The lowest BCUT2D eigenvalue weighted by molar-refractivity contribution is 1.11. The van der Waals surface area contributed by atoms with Gasteiger partial charge in [0.25, 0.3) is 0 Å². The lowest BCUT2D eigenvalue weighted by Gasteiger charge is -2.01. The summed E-state index contributed by atoms with van der Waals surface area (Å²) in [7, 11) is 0. The quantitative estimate of drug-likeness (QED) is 0.566. The Labute approximate surface area is 80.6 Å². The molecule has 0 heteroatoms. The van der Waals surface area contributed by atoms with Gasteiger partial charge in [0, 0.05) is 0 Å². The molecule has 0 bridgehead atoms. The molecule has 13 heavy (non-hydrogen) atoms. The van der Waals surface area contributed by atoms with E-state index in [9.17, 15) is 0 Å². The molecule has 1 aliphatic carbocycles. The highest BCUT2D eigenvalue weighted by Crippen LogP contribution is 1.96. The Morgan fingerprint density at radius 2 is 1.69 bits per heavy atom. The van der Waals surface area contributed by atoms with E-state index in [4.69, 9.17) is 0 Å². The van der Waals surface area contributed by atoms with Gasteiger partial charge in [0.1, 0.15) is 0 Å². The highest BCUT2D eigenvalue weighted by atomic mass is 14.0. The van der Waals surface area contributed by atoms with E-state index in [1.165, 1.54) is 28.8 Å². The lowest BCUT2D eigenvalue weighted by Crippen LogP contribution is -2.28. The smallest absolute Gasteiger partial charge is 0.0198 e. The van der Waals surface area contributed by atoms with Gasteiger partial charge in [-0.15, -0.1) is 0 Å². The zero-order chi connectivity index (χ0) is 9.68. The van der Waals surface area contributed by atoms with Crippen molar-refractivity contribution in [2.75, 3.05) is 0 Å². The van der Waals surface area contributed by atoms with Crippen molar-refractivity contribution in [1.29, 1.82) is 0 Å². The third-order valence-corrected chi connectivity index (χ3v) is 2.24. The summed E-state index contributed by atoms with van der Waals surface area (Å²) in [6, 6.07) is 6.50. The predicted octanol–water partition coefficient (Wildman–Crippen LogP) is 2.38. The molecule has 70 valence electrons. The molecule has 0 fully saturated rings. The fraction of sp³-hybridized carbons (Fsp3) is 0.385. The van der Waals surface area contributed by atoms with Crippen LogP contribution in [0.3, 0.4) is 0 Å². The van der Waals surface area contributed by atoms with Crippen molar-refractivity contribution < 1.29 is 0 Å². The highest BCUT2D eigenvalue weighted by molar-refractivity contribution is 5.40. The Morgan fingerprint density at radius 1 is 1.00 bits per heavy atom. The first-order valence-corrected chi connectivity index (χ1v) is 5.14. The first-order chi connectivity index (χ1) is 6.38. The number of hydrogen-bond donors (Lipinski definition) is 0. The maximum absolute atomic E-state index is 2.34. The Balaban J connectivity index is 0.000000396. The van der Waals surface area contributed by atoms with Crippen LogP contribution in [0.4, 0.5) is 0 Å². The molecule has 1 aromatic carbocycles. The summed E-state index contributed by atoms with van der Waals surface area (Å²) in [6.07, 6.45) is 7.07. The summed E-state index contributed by atoms with van der Waals surface area (Å²) in [5.41, 5.74) is 1.40. The Morgan fingerprint density at radius 3 is 2.38 bits per heavy atom. The average molecular weight is 174 g/mol. The first-order valence-electron chi connectivity index (χ1n) is 5.14. The summed E-state index contributed by atoms with van der Waals surface area (Å²) < 4.78 is 0. The summed E-state index contributed by atoms with van der Waals surface area (Å²) >= 11 is 0. The minimum absolute atomic E-state index is 1.20. The molecule has 1 aromatic rings. The Bertz CT molecular complexity index is 372. The maximum Gasteiger partial charge on any atom is -0.0198 e. The van der Waals surface area contributed by atoms with Crippen LogP contribution in [0.1, 0.15) is 32.3 Å². The van der Waals surface area contributed by atoms with E-state index in [2.05, 4.69) is 37.3 Å². The van der Waals surface area contributed by atoms with Crippen LogP contribution in [0.25, 0.3) is 12.2 Å². The number of rotatable bonds is 0. The van der Waals surface area contributed by atoms with Gasteiger partial charge in [-0.25, -0.2) is 0 Å². The van der Waals surface area contributed by atoms with Crippen molar-refractivity contribution in [2.24, 2.45) is 0 Å². The molecule has 1 aliphatic rings. The molecule has 0 radical (unpaired) electrons. The molecular formula is C13H18. The van der Waals surface area contributed by atoms with Gasteiger partial charge in [-0.2, -0.15) is 0 Å². The van der Waals surface area contributed by atoms with Gasteiger partial charge in [-0.3, -0.25) is 0 Å². The van der Waals surface area contributed by atoms with Gasteiger partial charge in [-0.05, 0) is 35.8 Å². The van der Waals surface area contributed by atoms with Crippen LogP contribution < -0.4 is 10.4 Å². The van der Waals surface area contributed by atoms with Crippen molar-refractivity contribution in [3.05, 3.63) is 34.2 Å². The Kier molecular flexibility index (Phi) is 3.75. The normalized spacial score (nSPS) is 12.8. The van der Waals surface area contributed by atoms with Gasteiger partial charge in [0.2, 0.25) is 0 Å². The monoisotopic (exact) mass is 174 g/mol. The Hall–Kier alpha value is -1.04. The van der Waals surface area contributed by atoms with Crippen LogP contribution in [0.2, 0.25) is 0 Å². The molecule has 2 rings (SSSR count).